The number of aryl methyl sites for hydroxylation is 3. The molecular formula is C37H40N2O5S2. The summed E-state index contributed by atoms with van der Waals surface area (Å²) in [5.41, 5.74) is 5.32. The zero-order valence-corrected chi connectivity index (χ0v) is 28.3. The highest BCUT2D eigenvalue weighted by Gasteiger charge is 2.51. The second-order valence-electron chi connectivity index (χ2n) is 12.2. The largest absolute Gasteiger partial charge is 0.498 e. The SMILES string of the molecule is CCOC1=C2CN(S(=O)(=O)c3ccc(C)cc3)[C@H](c3ccccc3)C[C@@H]2N(S(=O)(=O)c2ccc(C)cc2)[C@H](c2cccc(C)c2)C1. The monoisotopic (exact) mass is 656 g/mol. The molecule has 0 unspecified atom stereocenters. The number of hydrogen-bond donors (Lipinski definition) is 0. The first kappa shape index (κ1) is 32.2. The van der Waals surface area contributed by atoms with Crippen LogP contribution >= 0.6 is 0 Å². The molecule has 46 heavy (non-hydrogen) atoms. The third-order valence-electron chi connectivity index (χ3n) is 9.03. The number of hydrogen-bond acceptors (Lipinski definition) is 5. The average Bonchev–Trinajstić information content (AvgIpc) is 3.05. The van der Waals surface area contributed by atoms with Gasteiger partial charge in [0.15, 0.2) is 0 Å². The fourth-order valence-electron chi connectivity index (χ4n) is 6.71. The van der Waals surface area contributed by atoms with Crippen LogP contribution in [0.4, 0.5) is 0 Å². The molecule has 1 fully saturated rings. The molecule has 0 aromatic heterocycles. The fourth-order valence-corrected chi connectivity index (χ4v) is 10.1. The van der Waals surface area contributed by atoms with Crippen LogP contribution in [0.2, 0.25) is 0 Å². The summed E-state index contributed by atoms with van der Waals surface area (Å²) < 4.78 is 67.8. The Balaban J connectivity index is 1.56. The maximum Gasteiger partial charge on any atom is 0.244 e. The van der Waals surface area contributed by atoms with Gasteiger partial charge in [0.05, 0.1) is 40.3 Å². The van der Waals surface area contributed by atoms with Crippen molar-refractivity contribution in [1.29, 1.82) is 0 Å². The number of piperidine rings is 1. The first-order chi connectivity index (χ1) is 22.0. The number of ether oxygens (including phenoxy) is 1. The summed E-state index contributed by atoms with van der Waals surface area (Å²) in [6.07, 6.45) is 0.525. The summed E-state index contributed by atoms with van der Waals surface area (Å²) in [7, 11) is -8.01. The Morgan fingerprint density at radius 2 is 1.24 bits per heavy atom. The molecule has 0 N–H and O–H groups in total. The molecule has 0 radical (unpaired) electrons. The van der Waals surface area contributed by atoms with Crippen molar-refractivity contribution >= 4 is 20.0 Å². The predicted molar refractivity (Wildman–Crippen MR) is 180 cm³/mol. The minimum atomic E-state index is -4.04. The Hall–Kier alpha value is -3.76. The molecule has 0 spiro atoms. The molecular weight excluding hydrogens is 617 g/mol. The van der Waals surface area contributed by atoms with E-state index in [0.717, 1.165) is 27.8 Å². The third-order valence-corrected chi connectivity index (χ3v) is 12.8. The Morgan fingerprint density at radius 3 is 1.83 bits per heavy atom. The molecule has 6 rings (SSSR count). The van der Waals surface area contributed by atoms with Gasteiger partial charge in [-0.2, -0.15) is 8.61 Å². The molecule has 0 amide bonds. The van der Waals surface area contributed by atoms with Crippen molar-refractivity contribution in [2.45, 2.75) is 68.5 Å². The van der Waals surface area contributed by atoms with Crippen LogP contribution in [0.1, 0.15) is 59.7 Å². The highest BCUT2D eigenvalue weighted by atomic mass is 32.2. The zero-order valence-electron chi connectivity index (χ0n) is 26.6. The molecule has 0 bridgehead atoms. The number of fused-ring (bicyclic) bond motifs is 1. The van der Waals surface area contributed by atoms with Crippen LogP contribution < -0.4 is 0 Å². The highest BCUT2D eigenvalue weighted by Crippen LogP contribution is 2.49. The van der Waals surface area contributed by atoms with Crippen LogP contribution in [-0.2, 0) is 24.8 Å². The minimum absolute atomic E-state index is 0.0101. The van der Waals surface area contributed by atoms with Gasteiger partial charge in [0.2, 0.25) is 20.0 Å². The maximum absolute atomic E-state index is 14.8. The van der Waals surface area contributed by atoms with Crippen LogP contribution in [0.25, 0.3) is 0 Å². The summed E-state index contributed by atoms with van der Waals surface area (Å²) in [5.74, 6) is 0.657. The van der Waals surface area contributed by atoms with Gasteiger partial charge in [0, 0.05) is 18.5 Å². The van der Waals surface area contributed by atoms with Gasteiger partial charge >= 0.3 is 0 Å². The van der Waals surface area contributed by atoms with Crippen molar-refractivity contribution in [2.24, 2.45) is 0 Å². The Morgan fingerprint density at radius 1 is 0.652 bits per heavy atom. The van der Waals surface area contributed by atoms with E-state index in [1.807, 2.05) is 94.4 Å². The number of nitrogens with zero attached hydrogens (tertiary/aromatic N) is 2. The van der Waals surface area contributed by atoms with Gasteiger partial charge in [-0.15, -0.1) is 0 Å². The summed E-state index contributed by atoms with van der Waals surface area (Å²) in [6.45, 7) is 8.13. The lowest BCUT2D eigenvalue weighted by molar-refractivity contribution is 0.118. The molecule has 9 heteroatoms. The molecule has 2 heterocycles. The van der Waals surface area contributed by atoms with E-state index >= 15 is 0 Å². The molecule has 7 nitrogen and oxygen atoms in total. The molecule has 4 aromatic carbocycles. The van der Waals surface area contributed by atoms with Crippen molar-refractivity contribution < 1.29 is 21.6 Å². The molecule has 1 saturated heterocycles. The van der Waals surface area contributed by atoms with E-state index < -0.39 is 38.2 Å². The smallest absolute Gasteiger partial charge is 0.244 e. The predicted octanol–water partition coefficient (Wildman–Crippen LogP) is 7.24. The van der Waals surface area contributed by atoms with Crippen molar-refractivity contribution in [3.05, 3.63) is 142 Å². The first-order valence-corrected chi connectivity index (χ1v) is 18.5. The van der Waals surface area contributed by atoms with Gasteiger partial charge in [-0.25, -0.2) is 16.8 Å². The lowest BCUT2D eigenvalue weighted by Crippen LogP contribution is -2.54. The van der Waals surface area contributed by atoms with Gasteiger partial charge in [-0.3, -0.25) is 0 Å². The molecule has 2 aliphatic rings. The van der Waals surface area contributed by atoms with Crippen LogP contribution in [0.5, 0.6) is 0 Å². The van der Waals surface area contributed by atoms with Gasteiger partial charge < -0.3 is 4.74 Å². The quantitative estimate of drug-likeness (QED) is 0.200. The van der Waals surface area contributed by atoms with E-state index in [0.29, 0.717) is 24.4 Å². The minimum Gasteiger partial charge on any atom is -0.498 e. The summed E-state index contributed by atoms with van der Waals surface area (Å²) in [5, 5.41) is 0. The zero-order chi connectivity index (χ0) is 32.6. The van der Waals surface area contributed by atoms with Gasteiger partial charge in [0.1, 0.15) is 0 Å². The van der Waals surface area contributed by atoms with Crippen LogP contribution in [-0.4, -0.2) is 44.6 Å². The Bertz CT molecular complexity index is 1960. The first-order valence-electron chi connectivity index (χ1n) is 15.7. The maximum atomic E-state index is 14.8. The van der Waals surface area contributed by atoms with Crippen LogP contribution in [0.3, 0.4) is 0 Å². The van der Waals surface area contributed by atoms with E-state index in [-0.39, 0.29) is 22.8 Å². The summed E-state index contributed by atoms with van der Waals surface area (Å²) in [6, 6.07) is 29.5. The number of sulfonamides is 2. The van der Waals surface area contributed by atoms with E-state index in [2.05, 4.69) is 0 Å². The lowest BCUT2D eigenvalue weighted by atomic mass is 9.84. The third kappa shape index (κ3) is 6.05. The van der Waals surface area contributed by atoms with Crippen LogP contribution in [0, 0.1) is 20.8 Å². The number of benzene rings is 4. The van der Waals surface area contributed by atoms with Crippen molar-refractivity contribution in [1.82, 2.24) is 8.61 Å². The van der Waals surface area contributed by atoms with Gasteiger partial charge in [-0.05, 0) is 69.5 Å². The number of rotatable bonds is 8. The molecule has 0 saturated carbocycles. The molecule has 240 valence electrons. The van der Waals surface area contributed by atoms with E-state index in [4.69, 9.17) is 4.74 Å². The second kappa shape index (κ2) is 12.8. The van der Waals surface area contributed by atoms with E-state index in [1.54, 1.807) is 40.7 Å². The van der Waals surface area contributed by atoms with Gasteiger partial charge in [-0.1, -0.05) is 95.6 Å². The normalized spacial score (nSPS) is 21.2. The standard InChI is InChI=1S/C37H40N2O5S2/c1-5-44-37-24-35(30-13-9-10-28(4)22-30)39(46(42,43)32-20-16-27(3)17-21-32)36-23-34(29-11-7-6-8-12-29)38(25-33(36)37)45(40,41)31-18-14-26(2)15-19-31/h6-22,34-36H,5,23-25H2,1-4H3/t34-,35-,36-/m0/s1. The average molecular weight is 657 g/mol. The van der Waals surface area contributed by atoms with Crippen molar-refractivity contribution in [3.63, 3.8) is 0 Å². The van der Waals surface area contributed by atoms with E-state index in [1.165, 1.54) is 4.31 Å². The summed E-state index contributed by atoms with van der Waals surface area (Å²) in [4.78, 5) is 0.412. The molecule has 4 aromatic rings. The van der Waals surface area contributed by atoms with Crippen LogP contribution in [0.15, 0.2) is 124 Å². The topological polar surface area (TPSA) is 84.0 Å². The molecule has 2 aliphatic heterocycles. The second-order valence-corrected chi connectivity index (χ2v) is 15.9. The molecule has 3 atom stereocenters. The lowest BCUT2D eigenvalue weighted by Gasteiger charge is -2.49. The van der Waals surface area contributed by atoms with Crippen molar-refractivity contribution in [2.75, 3.05) is 13.2 Å². The molecule has 0 aliphatic carbocycles. The Kier molecular flexibility index (Phi) is 8.95. The van der Waals surface area contributed by atoms with Crippen molar-refractivity contribution in [3.8, 4) is 0 Å². The van der Waals surface area contributed by atoms with Gasteiger partial charge in [0.25, 0.3) is 0 Å². The Labute approximate surface area is 273 Å². The fraction of sp³-hybridized carbons (Fsp3) is 0.297. The summed E-state index contributed by atoms with van der Waals surface area (Å²) >= 11 is 0. The highest BCUT2D eigenvalue weighted by molar-refractivity contribution is 7.89. The van der Waals surface area contributed by atoms with E-state index in [9.17, 15) is 16.8 Å².